The first-order chi connectivity index (χ1) is 11.4. The molecule has 0 radical (unpaired) electrons. The molecular weight excluding hydrogens is 292 g/mol. The second kappa shape index (κ2) is 7.79. The number of Topliss-reactive ketones (excluding diaryl/α,β-unsaturated/α-hetero) is 1. The molecule has 0 spiro atoms. The Kier molecular flexibility index (Phi) is 5.99. The highest BCUT2D eigenvalue weighted by Gasteiger charge is 2.43. The highest BCUT2D eigenvalue weighted by Crippen LogP contribution is 2.43. The SMILES string of the molecule is CCC=CC1=CC=CC(C)(C(=O)C2(C)C=CC=C(C=CCC)C2)C1. The van der Waals surface area contributed by atoms with Crippen LogP contribution in [-0.4, -0.2) is 5.78 Å². The molecule has 0 saturated carbocycles. The van der Waals surface area contributed by atoms with Gasteiger partial charge in [0, 0.05) is 10.8 Å². The first-order valence-electron chi connectivity index (χ1n) is 9.08. The molecule has 0 bridgehead atoms. The highest BCUT2D eigenvalue weighted by atomic mass is 16.1. The maximum Gasteiger partial charge on any atom is 0.152 e. The minimum atomic E-state index is -0.432. The van der Waals surface area contributed by atoms with Crippen molar-refractivity contribution in [2.75, 3.05) is 0 Å². The molecule has 0 aromatic heterocycles. The zero-order valence-electron chi connectivity index (χ0n) is 15.5. The Bertz CT molecular complexity index is 598. The Balaban J connectivity index is 2.19. The molecule has 0 fully saturated rings. The monoisotopic (exact) mass is 322 g/mol. The summed E-state index contributed by atoms with van der Waals surface area (Å²) in [5.41, 5.74) is 1.61. The number of hydrogen-bond acceptors (Lipinski definition) is 1. The molecule has 2 atom stereocenters. The van der Waals surface area contributed by atoms with Crippen molar-refractivity contribution in [3.63, 3.8) is 0 Å². The molecular formula is C23H30O. The van der Waals surface area contributed by atoms with E-state index in [2.05, 4.69) is 76.3 Å². The summed E-state index contributed by atoms with van der Waals surface area (Å²) in [5.74, 6) is 0.313. The van der Waals surface area contributed by atoms with Crippen molar-refractivity contribution in [1.82, 2.24) is 0 Å². The molecule has 0 aromatic carbocycles. The summed E-state index contributed by atoms with van der Waals surface area (Å²) in [5, 5.41) is 0. The average Bonchev–Trinajstić information content (AvgIpc) is 2.57. The van der Waals surface area contributed by atoms with Crippen LogP contribution in [0, 0.1) is 10.8 Å². The Morgan fingerprint density at radius 2 is 1.33 bits per heavy atom. The van der Waals surface area contributed by atoms with Crippen molar-refractivity contribution in [2.45, 2.75) is 53.4 Å². The summed E-state index contributed by atoms with van der Waals surface area (Å²) in [6, 6.07) is 0. The van der Waals surface area contributed by atoms with Crippen molar-refractivity contribution in [3.05, 3.63) is 71.9 Å². The van der Waals surface area contributed by atoms with Crippen LogP contribution in [0.2, 0.25) is 0 Å². The van der Waals surface area contributed by atoms with Gasteiger partial charge >= 0.3 is 0 Å². The largest absolute Gasteiger partial charge is 0.298 e. The minimum Gasteiger partial charge on any atom is -0.298 e. The van der Waals surface area contributed by atoms with Gasteiger partial charge in [0.2, 0.25) is 0 Å². The van der Waals surface area contributed by atoms with Gasteiger partial charge < -0.3 is 0 Å². The van der Waals surface area contributed by atoms with E-state index in [4.69, 9.17) is 0 Å². The predicted octanol–water partition coefficient (Wildman–Crippen LogP) is 6.27. The van der Waals surface area contributed by atoms with Gasteiger partial charge in [-0.15, -0.1) is 0 Å². The smallest absolute Gasteiger partial charge is 0.152 e. The van der Waals surface area contributed by atoms with Crippen molar-refractivity contribution in [2.24, 2.45) is 10.8 Å². The van der Waals surface area contributed by atoms with Crippen molar-refractivity contribution in [1.29, 1.82) is 0 Å². The maximum atomic E-state index is 13.4. The maximum absolute atomic E-state index is 13.4. The van der Waals surface area contributed by atoms with Gasteiger partial charge in [-0.1, -0.05) is 74.6 Å². The Labute approximate surface area is 147 Å². The third-order valence-corrected chi connectivity index (χ3v) is 4.86. The molecule has 128 valence electrons. The van der Waals surface area contributed by atoms with E-state index in [1.807, 2.05) is 12.2 Å². The van der Waals surface area contributed by atoms with E-state index in [1.165, 1.54) is 11.1 Å². The number of hydrogen-bond donors (Lipinski definition) is 0. The zero-order valence-corrected chi connectivity index (χ0v) is 15.5. The second-order valence-electron chi connectivity index (χ2n) is 7.34. The number of carbonyl (C=O) groups excluding carboxylic acids is 1. The fourth-order valence-corrected chi connectivity index (χ4v) is 3.58. The number of ketones is 1. The summed E-state index contributed by atoms with van der Waals surface area (Å²) < 4.78 is 0. The van der Waals surface area contributed by atoms with Crippen LogP contribution in [0.15, 0.2) is 71.9 Å². The second-order valence-corrected chi connectivity index (χ2v) is 7.34. The average molecular weight is 322 g/mol. The van der Waals surface area contributed by atoms with Gasteiger partial charge in [-0.05, 0) is 50.7 Å². The van der Waals surface area contributed by atoms with Gasteiger partial charge in [0.05, 0.1) is 0 Å². The van der Waals surface area contributed by atoms with E-state index in [0.717, 1.165) is 25.7 Å². The van der Waals surface area contributed by atoms with Crippen LogP contribution < -0.4 is 0 Å². The van der Waals surface area contributed by atoms with Gasteiger partial charge in [-0.25, -0.2) is 0 Å². The van der Waals surface area contributed by atoms with Gasteiger partial charge in [-0.3, -0.25) is 4.79 Å². The normalized spacial score (nSPS) is 30.0. The Hall–Kier alpha value is -1.89. The summed E-state index contributed by atoms with van der Waals surface area (Å²) in [4.78, 5) is 13.4. The molecule has 24 heavy (non-hydrogen) atoms. The summed E-state index contributed by atoms with van der Waals surface area (Å²) in [6.07, 6.45) is 24.7. The number of carbonyl (C=O) groups is 1. The van der Waals surface area contributed by atoms with E-state index in [9.17, 15) is 4.79 Å². The van der Waals surface area contributed by atoms with Crippen molar-refractivity contribution in [3.8, 4) is 0 Å². The molecule has 0 aliphatic heterocycles. The molecule has 2 aliphatic rings. The van der Waals surface area contributed by atoms with Crippen LogP contribution >= 0.6 is 0 Å². The first kappa shape index (κ1) is 18.4. The summed E-state index contributed by atoms with van der Waals surface area (Å²) in [7, 11) is 0. The molecule has 0 N–H and O–H groups in total. The van der Waals surface area contributed by atoms with Crippen LogP contribution in [-0.2, 0) is 4.79 Å². The van der Waals surface area contributed by atoms with E-state index >= 15 is 0 Å². The molecule has 0 amide bonds. The molecule has 0 saturated heterocycles. The predicted molar refractivity (Wildman–Crippen MR) is 104 cm³/mol. The standard InChI is InChI=1S/C23H30O/c1-5-7-11-19-13-9-15-22(3,17-19)21(24)23(4)16-10-14-20(18-23)12-8-6-2/h7-16H,5-6,17-18H2,1-4H3. The molecule has 2 unspecified atom stereocenters. The van der Waals surface area contributed by atoms with Gasteiger partial charge in [0.15, 0.2) is 5.78 Å². The van der Waals surface area contributed by atoms with Crippen molar-refractivity contribution < 1.29 is 4.79 Å². The van der Waals surface area contributed by atoms with Gasteiger partial charge in [0.1, 0.15) is 0 Å². The molecule has 0 heterocycles. The molecule has 1 nitrogen and oxygen atoms in total. The first-order valence-corrected chi connectivity index (χ1v) is 9.08. The van der Waals surface area contributed by atoms with Crippen LogP contribution in [0.25, 0.3) is 0 Å². The zero-order chi connectivity index (χ0) is 17.6. The molecule has 2 rings (SSSR count). The van der Waals surface area contributed by atoms with Crippen LogP contribution in [0.5, 0.6) is 0 Å². The lowest BCUT2D eigenvalue weighted by Crippen LogP contribution is -2.40. The van der Waals surface area contributed by atoms with Crippen LogP contribution in [0.1, 0.15) is 53.4 Å². The lowest BCUT2D eigenvalue weighted by Gasteiger charge is -2.37. The Morgan fingerprint density at radius 3 is 1.71 bits per heavy atom. The minimum absolute atomic E-state index is 0.313. The molecule has 0 aromatic rings. The third-order valence-electron chi connectivity index (χ3n) is 4.86. The quantitative estimate of drug-likeness (QED) is 0.563. The van der Waals surface area contributed by atoms with Crippen LogP contribution in [0.3, 0.4) is 0 Å². The van der Waals surface area contributed by atoms with Gasteiger partial charge in [-0.2, -0.15) is 0 Å². The van der Waals surface area contributed by atoms with E-state index < -0.39 is 10.8 Å². The summed E-state index contributed by atoms with van der Waals surface area (Å²) >= 11 is 0. The lowest BCUT2D eigenvalue weighted by molar-refractivity contribution is -0.132. The number of allylic oxidation sites excluding steroid dienone is 12. The molecule has 2 aliphatic carbocycles. The topological polar surface area (TPSA) is 17.1 Å². The number of rotatable bonds is 6. The molecule has 1 heteroatoms. The van der Waals surface area contributed by atoms with E-state index in [1.54, 1.807) is 0 Å². The summed E-state index contributed by atoms with van der Waals surface area (Å²) in [6.45, 7) is 8.42. The lowest BCUT2D eigenvalue weighted by atomic mass is 9.64. The highest BCUT2D eigenvalue weighted by molar-refractivity contribution is 5.94. The fourth-order valence-electron chi connectivity index (χ4n) is 3.58. The van der Waals surface area contributed by atoms with E-state index in [0.29, 0.717) is 5.78 Å². The van der Waals surface area contributed by atoms with Crippen molar-refractivity contribution >= 4 is 5.78 Å². The fraction of sp³-hybridized carbons (Fsp3) is 0.435. The van der Waals surface area contributed by atoms with E-state index in [-0.39, 0.29) is 0 Å². The Morgan fingerprint density at radius 1 is 0.917 bits per heavy atom. The van der Waals surface area contributed by atoms with Crippen LogP contribution in [0.4, 0.5) is 0 Å². The third kappa shape index (κ3) is 4.14. The van der Waals surface area contributed by atoms with Gasteiger partial charge in [0.25, 0.3) is 0 Å².